The summed E-state index contributed by atoms with van der Waals surface area (Å²) in [7, 11) is 1.90. The fourth-order valence-electron chi connectivity index (χ4n) is 2.20. The Morgan fingerprint density at radius 2 is 2.15 bits per heavy atom. The zero-order valence-corrected chi connectivity index (χ0v) is 11.5. The predicted molar refractivity (Wildman–Crippen MR) is 79.8 cm³/mol. The van der Waals surface area contributed by atoms with Crippen molar-refractivity contribution in [2.75, 3.05) is 11.1 Å². The van der Waals surface area contributed by atoms with E-state index < -0.39 is 0 Å². The van der Waals surface area contributed by atoms with Gasteiger partial charge in [-0.25, -0.2) is 9.97 Å². The van der Waals surface area contributed by atoms with E-state index in [1.54, 1.807) is 11.0 Å². The van der Waals surface area contributed by atoms with Crippen LogP contribution >= 0.6 is 0 Å². The van der Waals surface area contributed by atoms with Crippen LogP contribution in [0.25, 0.3) is 10.9 Å². The summed E-state index contributed by atoms with van der Waals surface area (Å²) >= 11 is 0. The molecule has 0 bridgehead atoms. The maximum absolute atomic E-state index is 5.85. The summed E-state index contributed by atoms with van der Waals surface area (Å²) in [4.78, 5) is 8.56. The molecule has 0 spiro atoms. The lowest BCUT2D eigenvalue weighted by Gasteiger charge is -2.08. The number of anilines is 3. The average Bonchev–Trinajstić information content (AvgIpc) is 2.79. The Kier molecular flexibility index (Phi) is 2.98. The first kappa shape index (κ1) is 12.4. The van der Waals surface area contributed by atoms with Gasteiger partial charge in [0.1, 0.15) is 12.1 Å². The molecule has 1 aromatic carbocycles. The second kappa shape index (κ2) is 4.80. The van der Waals surface area contributed by atoms with Gasteiger partial charge in [-0.05, 0) is 24.6 Å². The molecule has 3 aromatic rings. The summed E-state index contributed by atoms with van der Waals surface area (Å²) in [6.07, 6.45) is 4.34. The van der Waals surface area contributed by atoms with Crippen LogP contribution in [0, 0.1) is 0 Å². The summed E-state index contributed by atoms with van der Waals surface area (Å²) in [5.41, 5.74) is 9.36. The van der Waals surface area contributed by atoms with E-state index in [1.807, 2.05) is 31.4 Å². The minimum atomic E-state index is 0.692. The van der Waals surface area contributed by atoms with Crippen molar-refractivity contribution in [2.24, 2.45) is 7.05 Å². The number of hydrogen-bond acceptors (Lipinski definition) is 5. The second-order valence-electron chi connectivity index (χ2n) is 4.64. The van der Waals surface area contributed by atoms with Gasteiger partial charge in [-0.15, -0.1) is 0 Å². The number of nitrogens with two attached hydrogens (primary N) is 1. The molecule has 0 aliphatic rings. The molecule has 0 atom stereocenters. The SMILES string of the molecule is CCc1nn(C)cc1Nc1ncnc2ccc(N)cc12. The molecule has 0 saturated heterocycles. The van der Waals surface area contributed by atoms with Crippen LogP contribution in [-0.2, 0) is 13.5 Å². The molecule has 0 radical (unpaired) electrons. The van der Waals surface area contributed by atoms with E-state index in [1.165, 1.54) is 0 Å². The number of benzene rings is 1. The number of nitrogen functional groups attached to an aromatic ring is 1. The van der Waals surface area contributed by atoms with E-state index in [9.17, 15) is 0 Å². The van der Waals surface area contributed by atoms with E-state index in [0.717, 1.165) is 34.5 Å². The van der Waals surface area contributed by atoms with E-state index in [0.29, 0.717) is 5.69 Å². The minimum Gasteiger partial charge on any atom is -0.399 e. The maximum Gasteiger partial charge on any atom is 0.141 e. The Balaban J connectivity index is 2.08. The Morgan fingerprint density at radius 3 is 2.95 bits per heavy atom. The zero-order chi connectivity index (χ0) is 14.1. The number of hydrogen-bond donors (Lipinski definition) is 2. The summed E-state index contributed by atoms with van der Waals surface area (Å²) in [6.45, 7) is 2.07. The lowest BCUT2D eigenvalue weighted by Crippen LogP contribution is -1.98. The van der Waals surface area contributed by atoms with Crippen molar-refractivity contribution in [3.05, 3.63) is 36.4 Å². The highest BCUT2D eigenvalue weighted by atomic mass is 15.3. The third-order valence-electron chi connectivity index (χ3n) is 3.15. The molecule has 0 aliphatic heterocycles. The van der Waals surface area contributed by atoms with Crippen molar-refractivity contribution >= 4 is 28.1 Å². The van der Waals surface area contributed by atoms with Gasteiger partial charge in [-0.1, -0.05) is 6.92 Å². The zero-order valence-electron chi connectivity index (χ0n) is 11.5. The molecule has 2 heterocycles. The third-order valence-corrected chi connectivity index (χ3v) is 3.15. The van der Waals surface area contributed by atoms with Gasteiger partial charge in [0.2, 0.25) is 0 Å². The number of nitrogens with zero attached hydrogens (tertiary/aromatic N) is 4. The van der Waals surface area contributed by atoms with Crippen LogP contribution in [0.15, 0.2) is 30.7 Å². The van der Waals surface area contributed by atoms with Gasteiger partial charge in [0.05, 0.1) is 16.9 Å². The molecule has 3 rings (SSSR count). The van der Waals surface area contributed by atoms with Crippen LogP contribution in [0.3, 0.4) is 0 Å². The van der Waals surface area contributed by atoms with Gasteiger partial charge in [0, 0.05) is 24.3 Å². The van der Waals surface area contributed by atoms with E-state index in [4.69, 9.17) is 5.73 Å². The molecule has 0 aliphatic carbocycles. The van der Waals surface area contributed by atoms with E-state index in [-0.39, 0.29) is 0 Å². The molecule has 2 aromatic heterocycles. The fourth-order valence-corrected chi connectivity index (χ4v) is 2.20. The number of aryl methyl sites for hydroxylation is 2. The monoisotopic (exact) mass is 268 g/mol. The van der Waals surface area contributed by atoms with Crippen molar-refractivity contribution in [3.63, 3.8) is 0 Å². The normalized spacial score (nSPS) is 10.9. The molecule has 6 nitrogen and oxygen atoms in total. The predicted octanol–water partition coefficient (Wildman–Crippen LogP) is 2.25. The lowest BCUT2D eigenvalue weighted by molar-refractivity contribution is 0.746. The quantitative estimate of drug-likeness (QED) is 0.712. The second-order valence-corrected chi connectivity index (χ2v) is 4.64. The number of nitrogens with one attached hydrogen (secondary N) is 1. The van der Waals surface area contributed by atoms with Gasteiger partial charge in [-0.3, -0.25) is 4.68 Å². The maximum atomic E-state index is 5.85. The molecular weight excluding hydrogens is 252 g/mol. The summed E-state index contributed by atoms with van der Waals surface area (Å²) < 4.78 is 1.79. The lowest BCUT2D eigenvalue weighted by atomic mass is 10.2. The summed E-state index contributed by atoms with van der Waals surface area (Å²) in [5.74, 6) is 0.741. The molecule has 0 unspecified atom stereocenters. The molecule has 3 N–H and O–H groups in total. The van der Waals surface area contributed by atoms with Crippen LogP contribution in [0.1, 0.15) is 12.6 Å². The highest BCUT2D eigenvalue weighted by Crippen LogP contribution is 2.26. The van der Waals surface area contributed by atoms with Crippen LogP contribution in [0.4, 0.5) is 17.2 Å². The van der Waals surface area contributed by atoms with Gasteiger partial charge in [0.25, 0.3) is 0 Å². The Bertz CT molecular complexity index is 761. The van der Waals surface area contributed by atoms with Crippen LogP contribution in [0.2, 0.25) is 0 Å². The Morgan fingerprint density at radius 1 is 1.30 bits per heavy atom. The number of rotatable bonds is 3. The van der Waals surface area contributed by atoms with Crippen molar-refractivity contribution in [1.29, 1.82) is 0 Å². The first-order valence-electron chi connectivity index (χ1n) is 6.47. The molecule has 0 saturated carbocycles. The van der Waals surface area contributed by atoms with Crippen LogP contribution < -0.4 is 11.1 Å². The van der Waals surface area contributed by atoms with Gasteiger partial charge in [0.15, 0.2) is 0 Å². The highest BCUT2D eigenvalue weighted by molar-refractivity contribution is 5.92. The average molecular weight is 268 g/mol. The minimum absolute atomic E-state index is 0.692. The topological polar surface area (TPSA) is 81.7 Å². The van der Waals surface area contributed by atoms with Gasteiger partial charge < -0.3 is 11.1 Å². The molecule has 0 fully saturated rings. The largest absolute Gasteiger partial charge is 0.399 e. The fraction of sp³-hybridized carbons (Fsp3) is 0.214. The first-order chi connectivity index (χ1) is 9.67. The number of fused-ring (bicyclic) bond motifs is 1. The molecular formula is C14H16N6. The molecule has 20 heavy (non-hydrogen) atoms. The van der Waals surface area contributed by atoms with Crippen LogP contribution in [0.5, 0.6) is 0 Å². The van der Waals surface area contributed by atoms with Crippen LogP contribution in [-0.4, -0.2) is 19.7 Å². The van der Waals surface area contributed by atoms with Crippen molar-refractivity contribution in [3.8, 4) is 0 Å². The molecule has 102 valence electrons. The molecule has 0 amide bonds. The van der Waals surface area contributed by atoms with Crippen molar-refractivity contribution < 1.29 is 0 Å². The number of aromatic nitrogens is 4. The van der Waals surface area contributed by atoms with Crippen molar-refractivity contribution in [2.45, 2.75) is 13.3 Å². The van der Waals surface area contributed by atoms with Gasteiger partial charge in [-0.2, -0.15) is 5.10 Å². The van der Waals surface area contributed by atoms with Gasteiger partial charge >= 0.3 is 0 Å². The Labute approximate surface area is 116 Å². The molecule has 6 heteroatoms. The highest BCUT2D eigenvalue weighted by Gasteiger charge is 2.09. The Hall–Kier alpha value is -2.63. The standard InChI is InChI=1S/C14H16N6/c1-3-11-13(7-20(2)19-11)18-14-10-6-9(15)4-5-12(10)16-8-17-14/h4-8H,3,15H2,1-2H3,(H,16,17,18). The van der Waals surface area contributed by atoms with Crippen molar-refractivity contribution in [1.82, 2.24) is 19.7 Å². The smallest absolute Gasteiger partial charge is 0.141 e. The van der Waals surface area contributed by atoms with E-state index >= 15 is 0 Å². The summed E-state index contributed by atoms with van der Waals surface area (Å²) in [5, 5.41) is 8.63. The summed E-state index contributed by atoms with van der Waals surface area (Å²) in [6, 6.07) is 5.60. The third kappa shape index (κ3) is 2.16. The van der Waals surface area contributed by atoms with E-state index in [2.05, 4.69) is 27.3 Å². The first-order valence-corrected chi connectivity index (χ1v) is 6.47.